The van der Waals surface area contributed by atoms with Crippen molar-refractivity contribution in [1.82, 2.24) is 4.90 Å². The molecule has 0 aromatic carbocycles. The zero-order valence-electron chi connectivity index (χ0n) is 12.5. The second-order valence-electron chi connectivity index (χ2n) is 5.15. The molecule has 1 aromatic heterocycles. The minimum atomic E-state index is -0.397. The molecule has 21 heavy (non-hydrogen) atoms. The molecular formula is C15H21NO4S. The van der Waals surface area contributed by atoms with Crippen molar-refractivity contribution in [1.29, 1.82) is 0 Å². The van der Waals surface area contributed by atoms with Crippen LogP contribution < -0.4 is 0 Å². The number of carbonyl (C=O) groups is 2. The number of ether oxygens (including phenoxy) is 1. The largest absolute Gasteiger partial charge is 0.468 e. The van der Waals surface area contributed by atoms with Gasteiger partial charge in [-0.1, -0.05) is 12.8 Å². The molecule has 1 heterocycles. The van der Waals surface area contributed by atoms with Gasteiger partial charge >= 0.3 is 5.97 Å². The number of methoxy groups -OCH3 is 1. The van der Waals surface area contributed by atoms with E-state index in [1.807, 2.05) is 12.3 Å². The summed E-state index contributed by atoms with van der Waals surface area (Å²) in [6.07, 6.45) is 6.02. The minimum absolute atomic E-state index is 0.0153. The van der Waals surface area contributed by atoms with Gasteiger partial charge in [-0.2, -0.15) is 11.8 Å². The molecule has 0 aliphatic heterocycles. The number of thioether (sulfide) groups is 1. The predicted molar refractivity (Wildman–Crippen MR) is 81.2 cm³/mol. The van der Waals surface area contributed by atoms with Crippen molar-refractivity contribution in [3.05, 3.63) is 23.7 Å². The molecule has 1 amide bonds. The van der Waals surface area contributed by atoms with Crippen LogP contribution in [-0.2, 0) is 15.3 Å². The van der Waals surface area contributed by atoms with E-state index in [2.05, 4.69) is 0 Å². The fourth-order valence-electron chi connectivity index (χ4n) is 2.64. The molecule has 0 spiro atoms. The van der Waals surface area contributed by atoms with E-state index in [1.54, 1.807) is 22.7 Å². The van der Waals surface area contributed by atoms with E-state index in [-0.39, 0.29) is 18.5 Å². The number of hydrogen-bond donors (Lipinski definition) is 0. The lowest BCUT2D eigenvalue weighted by molar-refractivity contribution is -0.141. The maximum Gasteiger partial charge on any atom is 0.325 e. The molecule has 1 saturated carbocycles. The van der Waals surface area contributed by atoms with Crippen LogP contribution in [0.1, 0.15) is 42.0 Å². The Hall–Kier alpha value is -1.43. The third-order valence-corrected chi connectivity index (χ3v) is 4.29. The molecule has 1 aliphatic rings. The Morgan fingerprint density at radius 1 is 1.38 bits per heavy atom. The van der Waals surface area contributed by atoms with Crippen molar-refractivity contribution < 1.29 is 18.7 Å². The molecular weight excluding hydrogens is 290 g/mol. The van der Waals surface area contributed by atoms with Crippen molar-refractivity contribution in [3.63, 3.8) is 0 Å². The second-order valence-corrected chi connectivity index (χ2v) is 6.01. The molecule has 0 N–H and O–H groups in total. The molecule has 6 heteroatoms. The maximum atomic E-state index is 12.6. The first-order valence-corrected chi connectivity index (χ1v) is 8.50. The topological polar surface area (TPSA) is 59.8 Å². The first-order chi connectivity index (χ1) is 10.2. The van der Waals surface area contributed by atoms with Crippen LogP contribution in [0.5, 0.6) is 0 Å². The van der Waals surface area contributed by atoms with Gasteiger partial charge in [-0.3, -0.25) is 9.59 Å². The number of esters is 1. The summed E-state index contributed by atoms with van der Waals surface area (Å²) in [5, 5.41) is 0. The Labute approximate surface area is 129 Å². The highest BCUT2D eigenvalue weighted by Crippen LogP contribution is 2.25. The molecule has 0 unspecified atom stereocenters. The zero-order valence-corrected chi connectivity index (χ0v) is 13.3. The fraction of sp³-hybridized carbons (Fsp3) is 0.600. The summed E-state index contributed by atoms with van der Waals surface area (Å²) in [5.74, 6) is 1.18. The van der Waals surface area contributed by atoms with Gasteiger partial charge in [0.15, 0.2) is 5.76 Å². The van der Waals surface area contributed by atoms with Gasteiger partial charge in [0.05, 0.1) is 12.9 Å². The van der Waals surface area contributed by atoms with Crippen molar-refractivity contribution in [2.75, 3.05) is 19.9 Å². The Kier molecular flexibility index (Phi) is 5.73. The Balaban J connectivity index is 2.13. The summed E-state index contributed by atoms with van der Waals surface area (Å²) < 4.78 is 10.3. The molecule has 0 radical (unpaired) electrons. The Morgan fingerprint density at radius 3 is 2.71 bits per heavy atom. The third kappa shape index (κ3) is 4.03. The van der Waals surface area contributed by atoms with Gasteiger partial charge in [0.1, 0.15) is 12.3 Å². The van der Waals surface area contributed by atoms with Crippen LogP contribution in [0.3, 0.4) is 0 Å². The van der Waals surface area contributed by atoms with Gasteiger partial charge in [-0.15, -0.1) is 0 Å². The first-order valence-electron chi connectivity index (χ1n) is 7.11. The summed E-state index contributed by atoms with van der Waals surface area (Å²) in [4.78, 5) is 25.8. The smallest absolute Gasteiger partial charge is 0.325 e. The van der Waals surface area contributed by atoms with E-state index in [0.717, 1.165) is 37.2 Å². The highest BCUT2D eigenvalue weighted by atomic mass is 32.2. The number of furan rings is 1. The number of carbonyl (C=O) groups excluding carboxylic acids is 2. The molecule has 1 aliphatic carbocycles. The zero-order chi connectivity index (χ0) is 15.2. The molecule has 116 valence electrons. The minimum Gasteiger partial charge on any atom is -0.468 e. The van der Waals surface area contributed by atoms with Crippen LogP contribution in [0.2, 0.25) is 0 Å². The lowest BCUT2D eigenvalue weighted by Crippen LogP contribution is -2.42. The van der Waals surface area contributed by atoms with Crippen LogP contribution in [0, 0.1) is 0 Å². The highest BCUT2D eigenvalue weighted by molar-refractivity contribution is 7.97. The molecule has 1 aromatic rings. The van der Waals surface area contributed by atoms with Gasteiger partial charge in [0, 0.05) is 6.04 Å². The molecule has 1 fully saturated rings. The van der Waals surface area contributed by atoms with Crippen LogP contribution in [0.15, 0.2) is 16.5 Å². The van der Waals surface area contributed by atoms with Crippen molar-refractivity contribution in [2.45, 2.75) is 37.5 Å². The van der Waals surface area contributed by atoms with Crippen LogP contribution in [-0.4, -0.2) is 42.7 Å². The van der Waals surface area contributed by atoms with Crippen LogP contribution >= 0.6 is 11.8 Å². The summed E-state index contributed by atoms with van der Waals surface area (Å²) in [7, 11) is 1.34. The van der Waals surface area contributed by atoms with E-state index >= 15 is 0 Å². The standard InChI is InChI=1S/C15H21NO4S/c1-19-14(17)9-16(11-5-3-4-6-11)15(18)13-8-7-12(20-13)10-21-2/h7-8,11H,3-6,9-10H2,1-2H3. The molecule has 2 rings (SSSR count). The number of amides is 1. The third-order valence-electron chi connectivity index (χ3n) is 3.71. The van der Waals surface area contributed by atoms with E-state index in [9.17, 15) is 9.59 Å². The highest BCUT2D eigenvalue weighted by Gasteiger charge is 2.30. The first kappa shape index (κ1) is 15.9. The summed E-state index contributed by atoms with van der Waals surface area (Å²) in [6, 6.07) is 3.60. The van der Waals surface area contributed by atoms with E-state index in [1.165, 1.54) is 7.11 Å². The van der Waals surface area contributed by atoms with Gasteiger partial charge in [-0.25, -0.2) is 0 Å². The predicted octanol–water partition coefficient (Wildman–Crippen LogP) is 2.70. The monoisotopic (exact) mass is 311 g/mol. The number of rotatable bonds is 6. The average Bonchev–Trinajstić information content (AvgIpc) is 3.15. The normalized spacial score (nSPS) is 15.1. The van der Waals surface area contributed by atoms with Gasteiger partial charge in [0.2, 0.25) is 0 Å². The van der Waals surface area contributed by atoms with Gasteiger partial charge < -0.3 is 14.1 Å². The summed E-state index contributed by atoms with van der Waals surface area (Å²) >= 11 is 1.63. The Morgan fingerprint density at radius 2 is 2.10 bits per heavy atom. The molecule has 5 nitrogen and oxygen atoms in total. The number of hydrogen-bond acceptors (Lipinski definition) is 5. The summed E-state index contributed by atoms with van der Waals surface area (Å²) in [5.41, 5.74) is 0. The van der Waals surface area contributed by atoms with Gasteiger partial charge in [-0.05, 0) is 31.2 Å². The van der Waals surface area contributed by atoms with Crippen molar-refractivity contribution in [3.8, 4) is 0 Å². The maximum absolute atomic E-state index is 12.6. The van der Waals surface area contributed by atoms with E-state index < -0.39 is 5.97 Å². The number of nitrogens with zero attached hydrogens (tertiary/aromatic N) is 1. The molecule has 0 bridgehead atoms. The average molecular weight is 311 g/mol. The van der Waals surface area contributed by atoms with Crippen molar-refractivity contribution >= 4 is 23.6 Å². The van der Waals surface area contributed by atoms with Crippen molar-refractivity contribution in [2.24, 2.45) is 0 Å². The fourth-order valence-corrected chi connectivity index (χ4v) is 3.08. The molecule has 0 saturated heterocycles. The summed E-state index contributed by atoms with van der Waals surface area (Å²) in [6.45, 7) is -0.0153. The lowest BCUT2D eigenvalue weighted by Gasteiger charge is -2.26. The molecule has 0 atom stereocenters. The Bertz CT molecular complexity index is 494. The van der Waals surface area contributed by atoms with Gasteiger partial charge in [0.25, 0.3) is 5.91 Å². The van der Waals surface area contributed by atoms with Crippen LogP contribution in [0.25, 0.3) is 0 Å². The van der Waals surface area contributed by atoms with E-state index in [0.29, 0.717) is 5.76 Å². The SMILES string of the molecule is COC(=O)CN(C(=O)c1ccc(CSC)o1)C1CCCC1. The lowest BCUT2D eigenvalue weighted by atomic mass is 10.2. The quantitative estimate of drug-likeness (QED) is 0.756. The second kappa shape index (κ2) is 7.54. The van der Waals surface area contributed by atoms with Crippen LogP contribution in [0.4, 0.5) is 0 Å². The van der Waals surface area contributed by atoms with E-state index in [4.69, 9.17) is 9.15 Å².